The van der Waals surface area contributed by atoms with Gasteiger partial charge in [-0.3, -0.25) is 4.79 Å². The summed E-state index contributed by atoms with van der Waals surface area (Å²) in [6.07, 6.45) is 18.1. The highest BCUT2D eigenvalue weighted by Gasteiger charge is 2.34. The van der Waals surface area contributed by atoms with Gasteiger partial charge >= 0.3 is 0 Å². The molecule has 2 heterocycles. The number of fused-ring (bicyclic) bond motifs is 1. The van der Waals surface area contributed by atoms with E-state index in [1.165, 1.54) is 65.6 Å². The Balaban J connectivity index is 1.43. The molecule has 1 aliphatic heterocycles. The van der Waals surface area contributed by atoms with Crippen molar-refractivity contribution in [2.75, 3.05) is 11.4 Å². The van der Waals surface area contributed by atoms with Crippen LogP contribution in [0.1, 0.15) is 75.8 Å². The Morgan fingerprint density at radius 2 is 1.89 bits per heavy atom. The van der Waals surface area contributed by atoms with Crippen LogP contribution in [0.15, 0.2) is 66.2 Å². The van der Waals surface area contributed by atoms with Crippen LogP contribution in [0.25, 0.3) is 11.3 Å². The molecule has 0 radical (unpaired) electrons. The molecule has 1 amide bonds. The molecule has 2 aromatic rings. The molecule has 1 aromatic heterocycles. The summed E-state index contributed by atoms with van der Waals surface area (Å²) in [7, 11) is 0. The third-order valence-electron chi connectivity index (χ3n) is 7.69. The average molecular weight is 484 g/mol. The number of amides is 1. The quantitative estimate of drug-likeness (QED) is 0.441. The molecule has 0 atom stereocenters. The van der Waals surface area contributed by atoms with E-state index >= 15 is 0 Å². The van der Waals surface area contributed by atoms with Gasteiger partial charge in [0, 0.05) is 30.3 Å². The highest BCUT2D eigenvalue weighted by atomic mass is 16.1. The molecule has 0 unspecified atom stereocenters. The number of hydrogen-bond donors (Lipinski definition) is 1. The van der Waals surface area contributed by atoms with Crippen LogP contribution >= 0.6 is 0 Å². The maximum absolute atomic E-state index is 10.8. The molecular weight excluding hydrogens is 446 g/mol. The predicted molar refractivity (Wildman–Crippen MR) is 146 cm³/mol. The molecule has 36 heavy (non-hydrogen) atoms. The van der Waals surface area contributed by atoms with E-state index in [4.69, 9.17) is 0 Å². The van der Waals surface area contributed by atoms with Crippen LogP contribution in [-0.2, 0) is 11.2 Å². The van der Waals surface area contributed by atoms with Gasteiger partial charge in [0.15, 0.2) is 0 Å². The van der Waals surface area contributed by atoms with Crippen molar-refractivity contribution in [2.45, 2.75) is 77.2 Å². The Morgan fingerprint density at radius 3 is 2.64 bits per heavy atom. The van der Waals surface area contributed by atoms with Crippen LogP contribution in [0.3, 0.4) is 0 Å². The van der Waals surface area contributed by atoms with Crippen molar-refractivity contribution in [1.29, 1.82) is 0 Å². The predicted octanol–water partition coefficient (Wildman–Crippen LogP) is 6.05. The number of nitrogens with one attached hydrogen (secondary N) is 1. The van der Waals surface area contributed by atoms with Gasteiger partial charge in [-0.05, 0) is 54.4 Å². The molecule has 1 saturated carbocycles. The first-order valence-corrected chi connectivity index (χ1v) is 13.5. The van der Waals surface area contributed by atoms with Crippen molar-refractivity contribution in [2.24, 2.45) is 0 Å². The van der Waals surface area contributed by atoms with Crippen LogP contribution in [0.2, 0.25) is 0 Å². The monoisotopic (exact) mass is 483 g/mol. The van der Waals surface area contributed by atoms with Crippen molar-refractivity contribution >= 4 is 23.6 Å². The topological polar surface area (TPSA) is 63.1 Å². The second kappa shape index (κ2) is 11.1. The maximum atomic E-state index is 10.8. The molecule has 0 saturated heterocycles. The summed E-state index contributed by atoms with van der Waals surface area (Å²) >= 11 is 0. The van der Waals surface area contributed by atoms with Crippen molar-refractivity contribution in [3.8, 4) is 0 Å². The third-order valence-corrected chi connectivity index (χ3v) is 7.69. The van der Waals surface area contributed by atoms with Gasteiger partial charge in [0.25, 0.3) is 0 Å². The Labute approximate surface area is 214 Å². The molecular formula is C30H37N5O. The second-order valence-corrected chi connectivity index (χ2v) is 10.1. The summed E-state index contributed by atoms with van der Waals surface area (Å²) < 4.78 is 2.07. The first-order valence-electron chi connectivity index (χ1n) is 13.5. The third kappa shape index (κ3) is 4.81. The lowest BCUT2D eigenvalue weighted by molar-refractivity contribution is -0.109. The molecule has 0 bridgehead atoms. The average Bonchev–Trinajstić information content (AvgIpc) is 3.40. The van der Waals surface area contributed by atoms with Crippen molar-refractivity contribution in [3.63, 3.8) is 0 Å². The van der Waals surface area contributed by atoms with Gasteiger partial charge in [-0.25, -0.2) is 4.68 Å². The summed E-state index contributed by atoms with van der Waals surface area (Å²) in [5.41, 5.74) is 8.48. The highest BCUT2D eigenvalue weighted by molar-refractivity contribution is 5.81. The van der Waals surface area contributed by atoms with Crippen molar-refractivity contribution in [3.05, 3.63) is 77.3 Å². The number of allylic oxidation sites excluding steroid dienone is 4. The second-order valence-electron chi connectivity index (χ2n) is 10.1. The number of hydrogen-bond acceptors (Lipinski definition) is 4. The van der Waals surface area contributed by atoms with E-state index in [9.17, 15) is 4.79 Å². The van der Waals surface area contributed by atoms with E-state index in [0.29, 0.717) is 12.6 Å². The number of aromatic nitrogens is 3. The van der Waals surface area contributed by atoms with Crippen LogP contribution in [0.4, 0.5) is 5.95 Å². The number of carbonyl (C=O) groups is 1. The molecule has 1 fully saturated rings. The summed E-state index contributed by atoms with van der Waals surface area (Å²) in [5, 5.41) is 7.48. The zero-order chi connectivity index (χ0) is 24.9. The number of carbonyl (C=O) groups excluding carboxylic acids is 1. The normalized spacial score (nSPS) is 18.6. The molecule has 188 valence electrons. The number of nitrogens with zero attached hydrogens (tertiary/aromatic N) is 4. The lowest BCUT2D eigenvalue weighted by atomic mass is 9.89. The Morgan fingerprint density at radius 1 is 1.11 bits per heavy atom. The van der Waals surface area contributed by atoms with Gasteiger partial charge in [-0.2, -0.15) is 10.1 Å². The minimum atomic E-state index is 0.443. The maximum Gasteiger partial charge on any atom is 0.233 e. The van der Waals surface area contributed by atoms with Gasteiger partial charge in [0.1, 0.15) is 6.33 Å². The SMILES string of the molecule is C=C1C(Cc2ccc(C3=CCCC=C3CNC=O)cc2)=C(CCC)n2ncnc2N1C1CCCCC1. The van der Waals surface area contributed by atoms with E-state index in [1.807, 2.05) is 0 Å². The molecule has 0 spiro atoms. The molecule has 1 aromatic carbocycles. The molecule has 2 aliphatic carbocycles. The van der Waals surface area contributed by atoms with E-state index in [2.05, 4.69) is 74.9 Å². The Kier molecular flexibility index (Phi) is 7.49. The summed E-state index contributed by atoms with van der Waals surface area (Å²) in [4.78, 5) is 17.9. The van der Waals surface area contributed by atoms with E-state index in [1.54, 1.807) is 6.33 Å². The van der Waals surface area contributed by atoms with Gasteiger partial charge in [0.2, 0.25) is 12.4 Å². The van der Waals surface area contributed by atoms with E-state index in [-0.39, 0.29) is 0 Å². The molecule has 6 heteroatoms. The fraction of sp³-hybridized carbons (Fsp3) is 0.433. The lowest BCUT2D eigenvalue weighted by Crippen LogP contribution is -2.41. The Bertz CT molecular complexity index is 1190. The van der Waals surface area contributed by atoms with Gasteiger partial charge in [-0.1, -0.05) is 75.6 Å². The zero-order valence-corrected chi connectivity index (χ0v) is 21.4. The molecule has 5 rings (SSSR count). The lowest BCUT2D eigenvalue weighted by Gasteiger charge is -2.40. The number of anilines is 1. The smallest absolute Gasteiger partial charge is 0.233 e. The van der Waals surface area contributed by atoms with E-state index < -0.39 is 0 Å². The van der Waals surface area contributed by atoms with Gasteiger partial charge in [-0.15, -0.1) is 0 Å². The van der Waals surface area contributed by atoms with Crippen LogP contribution in [-0.4, -0.2) is 33.8 Å². The standard InChI is InChI=1S/C30H37N5O/c1-3-9-29-28(22(2)34(26-11-5-4-6-12-26)30-32-20-33-35(29)30)18-23-14-16-24(17-15-23)27-13-8-7-10-25(27)19-31-21-36/h10,13-17,20-21,26H,2-9,11-12,18-19H2,1H3,(H,31,36). The summed E-state index contributed by atoms with van der Waals surface area (Å²) in [5.74, 6) is 0.932. The minimum Gasteiger partial charge on any atom is -0.355 e. The van der Waals surface area contributed by atoms with Crippen LogP contribution in [0.5, 0.6) is 0 Å². The Hall–Kier alpha value is -3.41. The fourth-order valence-electron chi connectivity index (χ4n) is 5.93. The minimum absolute atomic E-state index is 0.443. The molecule has 1 N–H and O–H groups in total. The number of benzene rings is 1. The first kappa shape index (κ1) is 24.3. The first-order chi connectivity index (χ1) is 17.7. The van der Waals surface area contributed by atoms with Crippen molar-refractivity contribution < 1.29 is 4.79 Å². The fourth-order valence-corrected chi connectivity index (χ4v) is 5.93. The van der Waals surface area contributed by atoms with Crippen molar-refractivity contribution in [1.82, 2.24) is 20.1 Å². The van der Waals surface area contributed by atoms with Gasteiger partial charge in [0.05, 0.1) is 5.70 Å². The largest absolute Gasteiger partial charge is 0.355 e. The summed E-state index contributed by atoms with van der Waals surface area (Å²) in [6.45, 7) is 7.41. The van der Waals surface area contributed by atoms with Gasteiger partial charge < -0.3 is 10.2 Å². The van der Waals surface area contributed by atoms with Crippen LogP contribution in [0, 0.1) is 0 Å². The number of rotatable bonds is 9. The summed E-state index contributed by atoms with van der Waals surface area (Å²) in [6, 6.07) is 9.35. The molecule has 3 aliphatic rings. The van der Waals surface area contributed by atoms with Crippen LogP contribution < -0.4 is 10.2 Å². The molecule has 6 nitrogen and oxygen atoms in total. The zero-order valence-electron chi connectivity index (χ0n) is 21.4. The van der Waals surface area contributed by atoms with E-state index in [0.717, 1.165) is 50.2 Å². The highest BCUT2D eigenvalue weighted by Crippen LogP contribution is 2.40.